The van der Waals surface area contributed by atoms with Gasteiger partial charge in [-0.05, 0) is 47.2 Å². The highest BCUT2D eigenvalue weighted by atomic mass is 15.2. The van der Waals surface area contributed by atoms with Crippen molar-refractivity contribution in [2.45, 2.75) is 0 Å². The number of para-hydroxylation sites is 3. The first-order valence-electron chi connectivity index (χ1n) is 16.1. The van der Waals surface area contributed by atoms with E-state index < -0.39 is 0 Å². The zero-order valence-corrected chi connectivity index (χ0v) is 25.8. The molecule has 7 aromatic carbocycles. The minimum absolute atomic E-state index is 0.587. The number of hydrogen-bond donors (Lipinski definition) is 0. The van der Waals surface area contributed by atoms with E-state index in [-0.39, 0.29) is 0 Å². The SMILES string of the molecule is c1ccc(-c2nc(-c3cccc4c3c3ccccc3n4-c3ccccc3)nc(-n3c4ccccc4c4c5ccccc5ccc43)n2)cc1. The van der Waals surface area contributed by atoms with Crippen LogP contribution in [0.1, 0.15) is 0 Å². The number of nitrogens with zero attached hydrogens (tertiary/aromatic N) is 5. The highest BCUT2D eigenvalue weighted by molar-refractivity contribution is 6.21. The van der Waals surface area contributed by atoms with Gasteiger partial charge in [-0.25, -0.2) is 4.98 Å². The summed E-state index contributed by atoms with van der Waals surface area (Å²) in [5.41, 5.74) is 7.37. The summed E-state index contributed by atoms with van der Waals surface area (Å²) in [4.78, 5) is 15.7. The zero-order valence-electron chi connectivity index (χ0n) is 25.8. The molecule has 0 radical (unpaired) electrons. The first-order valence-corrected chi connectivity index (χ1v) is 16.1. The van der Waals surface area contributed by atoms with Crippen molar-refractivity contribution in [2.24, 2.45) is 0 Å². The topological polar surface area (TPSA) is 48.5 Å². The van der Waals surface area contributed by atoms with Crippen LogP contribution in [0.15, 0.2) is 164 Å². The molecule has 0 bridgehead atoms. The summed E-state index contributed by atoms with van der Waals surface area (Å²) in [5.74, 6) is 1.85. The van der Waals surface area contributed by atoms with Gasteiger partial charge in [-0.15, -0.1) is 0 Å². The summed E-state index contributed by atoms with van der Waals surface area (Å²) in [6.07, 6.45) is 0. The minimum atomic E-state index is 0.587. The van der Waals surface area contributed by atoms with Crippen LogP contribution in [0.3, 0.4) is 0 Å². The Hall–Kier alpha value is -6.59. The molecule has 0 aliphatic rings. The molecule has 0 saturated heterocycles. The van der Waals surface area contributed by atoms with Crippen LogP contribution >= 0.6 is 0 Å². The standard InChI is InChI=1S/C43H27N5/c1-3-15-29(16-4-1)41-44-42(34-22-13-25-37-40(34)32-20-9-11-23-35(32)47(37)30-17-5-2-6-18-30)46-43(45-41)48-36-24-12-10-21-33(36)39-31-19-8-7-14-28(31)26-27-38(39)48/h1-27H. The Bertz CT molecular complexity index is 2830. The molecule has 0 aliphatic heterocycles. The smallest absolute Gasteiger partial charge is 0.238 e. The second-order valence-corrected chi connectivity index (χ2v) is 12.1. The van der Waals surface area contributed by atoms with Crippen LogP contribution in [0, 0.1) is 0 Å². The maximum atomic E-state index is 5.32. The van der Waals surface area contributed by atoms with Gasteiger partial charge in [0.2, 0.25) is 5.95 Å². The van der Waals surface area contributed by atoms with Crippen LogP contribution < -0.4 is 0 Å². The van der Waals surface area contributed by atoms with Crippen LogP contribution in [0.25, 0.3) is 88.8 Å². The molecule has 3 aromatic heterocycles. The molecule has 224 valence electrons. The molecule has 5 heteroatoms. The maximum absolute atomic E-state index is 5.32. The van der Waals surface area contributed by atoms with Gasteiger partial charge in [0.1, 0.15) is 0 Å². The van der Waals surface area contributed by atoms with Crippen molar-refractivity contribution in [3.8, 4) is 34.4 Å². The second-order valence-electron chi connectivity index (χ2n) is 12.1. The molecule has 0 N–H and O–H groups in total. The number of fused-ring (bicyclic) bond motifs is 8. The van der Waals surface area contributed by atoms with E-state index in [4.69, 9.17) is 15.0 Å². The number of benzene rings is 7. The minimum Gasteiger partial charge on any atom is -0.309 e. The third-order valence-corrected chi connectivity index (χ3v) is 9.37. The lowest BCUT2D eigenvalue weighted by molar-refractivity contribution is 0.954. The molecule has 0 amide bonds. The van der Waals surface area contributed by atoms with Crippen molar-refractivity contribution in [2.75, 3.05) is 0 Å². The summed E-state index contributed by atoms with van der Waals surface area (Å²) in [5, 5.41) is 7.04. The fourth-order valence-electron chi connectivity index (χ4n) is 7.32. The molecule has 0 atom stereocenters. The Morgan fingerprint density at radius 3 is 1.73 bits per heavy atom. The van der Waals surface area contributed by atoms with E-state index in [1.807, 2.05) is 18.2 Å². The summed E-state index contributed by atoms with van der Waals surface area (Å²) in [7, 11) is 0. The molecule has 3 heterocycles. The van der Waals surface area contributed by atoms with Crippen LogP contribution in [-0.2, 0) is 0 Å². The lowest BCUT2D eigenvalue weighted by Gasteiger charge is -2.12. The van der Waals surface area contributed by atoms with Crippen molar-refractivity contribution in [3.05, 3.63) is 164 Å². The van der Waals surface area contributed by atoms with Crippen LogP contribution in [-0.4, -0.2) is 24.1 Å². The lowest BCUT2D eigenvalue weighted by atomic mass is 10.0. The van der Waals surface area contributed by atoms with Crippen LogP contribution in [0.4, 0.5) is 0 Å². The molecule has 48 heavy (non-hydrogen) atoms. The van der Waals surface area contributed by atoms with Gasteiger partial charge in [-0.3, -0.25) is 4.57 Å². The molecule has 0 aliphatic carbocycles. The molecule has 10 rings (SSSR count). The van der Waals surface area contributed by atoms with Gasteiger partial charge >= 0.3 is 0 Å². The number of aromatic nitrogens is 5. The van der Waals surface area contributed by atoms with Gasteiger partial charge in [-0.2, -0.15) is 9.97 Å². The average molecular weight is 614 g/mol. The summed E-state index contributed by atoms with van der Waals surface area (Å²) in [6.45, 7) is 0. The Morgan fingerprint density at radius 2 is 0.938 bits per heavy atom. The highest BCUT2D eigenvalue weighted by Crippen LogP contribution is 2.40. The highest BCUT2D eigenvalue weighted by Gasteiger charge is 2.22. The molecular formula is C43H27N5. The monoisotopic (exact) mass is 613 g/mol. The van der Waals surface area contributed by atoms with E-state index >= 15 is 0 Å². The zero-order chi connectivity index (χ0) is 31.6. The predicted molar refractivity (Wildman–Crippen MR) is 197 cm³/mol. The van der Waals surface area contributed by atoms with Gasteiger partial charge in [-0.1, -0.05) is 127 Å². The van der Waals surface area contributed by atoms with Crippen LogP contribution in [0.2, 0.25) is 0 Å². The van der Waals surface area contributed by atoms with Gasteiger partial charge in [0, 0.05) is 38.4 Å². The third-order valence-electron chi connectivity index (χ3n) is 9.37. The Kier molecular flexibility index (Phi) is 5.81. The summed E-state index contributed by atoms with van der Waals surface area (Å²) in [6, 6.07) is 57.2. The number of hydrogen-bond acceptors (Lipinski definition) is 3. The number of rotatable bonds is 4. The molecule has 0 fully saturated rings. The van der Waals surface area contributed by atoms with Gasteiger partial charge < -0.3 is 4.57 Å². The van der Waals surface area contributed by atoms with Crippen molar-refractivity contribution >= 4 is 54.4 Å². The fourth-order valence-corrected chi connectivity index (χ4v) is 7.32. The van der Waals surface area contributed by atoms with Crippen molar-refractivity contribution < 1.29 is 0 Å². The van der Waals surface area contributed by atoms with E-state index in [1.165, 1.54) is 21.5 Å². The fraction of sp³-hybridized carbons (Fsp3) is 0. The van der Waals surface area contributed by atoms with Crippen molar-refractivity contribution in [1.29, 1.82) is 0 Å². The first-order chi connectivity index (χ1) is 23.8. The molecule has 0 spiro atoms. The van der Waals surface area contributed by atoms with Gasteiger partial charge in [0.05, 0.1) is 22.1 Å². The average Bonchev–Trinajstić information content (AvgIpc) is 3.69. The van der Waals surface area contributed by atoms with Crippen molar-refractivity contribution in [1.82, 2.24) is 24.1 Å². The Morgan fingerprint density at radius 1 is 0.354 bits per heavy atom. The van der Waals surface area contributed by atoms with Crippen LogP contribution in [0.5, 0.6) is 0 Å². The van der Waals surface area contributed by atoms with E-state index in [2.05, 4.69) is 155 Å². The van der Waals surface area contributed by atoms with E-state index in [0.717, 1.165) is 49.7 Å². The molecular weight excluding hydrogens is 587 g/mol. The first kappa shape index (κ1) is 26.6. The normalized spacial score (nSPS) is 11.8. The lowest BCUT2D eigenvalue weighted by Crippen LogP contribution is -2.06. The molecule has 0 saturated carbocycles. The molecule has 0 unspecified atom stereocenters. The van der Waals surface area contributed by atoms with Gasteiger partial charge in [0.25, 0.3) is 0 Å². The third kappa shape index (κ3) is 3.94. The second kappa shape index (κ2) is 10.5. The van der Waals surface area contributed by atoms with E-state index in [0.29, 0.717) is 17.6 Å². The maximum Gasteiger partial charge on any atom is 0.238 e. The van der Waals surface area contributed by atoms with E-state index in [1.54, 1.807) is 0 Å². The Balaban J connectivity index is 1.31. The van der Waals surface area contributed by atoms with Crippen molar-refractivity contribution in [3.63, 3.8) is 0 Å². The Labute approximate surface area is 276 Å². The van der Waals surface area contributed by atoms with E-state index in [9.17, 15) is 0 Å². The summed E-state index contributed by atoms with van der Waals surface area (Å²) >= 11 is 0. The predicted octanol–water partition coefficient (Wildman–Crippen LogP) is 10.6. The quantitative estimate of drug-likeness (QED) is 0.198. The largest absolute Gasteiger partial charge is 0.309 e. The molecule has 5 nitrogen and oxygen atoms in total. The molecule has 10 aromatic rings. The van der Waals surface area contributed by atoms with Gasteiger partial charge in [0.15, 0.2) is 11.6 Å². The summed E-state index contributed by atoms with van der Waals surface area (Å²) < 4.78 is 4.52.